The number of hydrogen-bond acceptors (Lipinski definition) is 1. The summed E-state index contributed by atoms with van der Waals surface area (Å²) >= 11 is 0. The summed E-state index contributed by atoms with van der Waals surface area (Å²) in [5.41, 5.74) is 2.53. The molecule has 5 atom stereocenters. The van der Waals surface area contributed by atoms with Gasteiger partial charge in [-0.1, -0.05) is 32.1 Å². The first-order valence-electron chi connectivity index (χ1n) is 8.76. The van der Waals surface area contributed by atoms with Gasteiger partial charge < -0.3 is 5.11 Å². The Morgan fingerprint density at radius 3 is 2.82 bits per heavy atom. The number of carboxylic acid groups (broad SMARTS) is 1. The molecule has 0 saturated heterocycles. The molecule has 4 aliphatic rings. The fourth-order valence-corrected chi connectivity index (χ4v) is 5.98. The fourth-order valence-electron chi connectivity index (χ4n) is 5.98. The first-order chi connectivity index (χ1) is 10.4. The van der Waals surface area contributed by atoms with Crippen LogP contribution in [-0.4, -0.2) is 11.1 Å². The minimum Gasteiger partial charge on any atom is -0.478 e. The highest BCUT2D eigenvalue weighted by Crippen LogP contribution is 2.62. The average Bonchev–Trinajstić information content (AvgIpc) is 2.88. The van der Waals surface area contributed by atoms with Gasteiger partial charge in [0.1, 0.15) is 0 Å². The van der Waals surface area contributed by atoms with Crippen molar-refractivity contribution in [2.45, 2.75) is 52.4 Å². The normalized spacial score (nSPS) is 46.2. The molecule has 22 heavy (non-hydrogen) atoms. The van der Waals surface area contributed by atoms with Crippen LogP contribution in [0.5, 0.6) is 0 Å². The first kappa shape index (κ1) is 14.3. The molecule has 0 heterocycles. The molecule has 4 rings (SSSR count). The third kappa shape index (κ3) is 1.82. The van der Waals surface area contributed by atoms with Crippen LogP contribution in [0.3, 0.4) is 0 Å². The molecule has 0 bridgehead atoms. The third-order valence-electron chi connectivity index (χ3n) is 7.37. The summed E-state index contributed by atoms with van der Waals surface area (Å²) in [6.45, 7) is 4.85. The van der Waals surface area contributed by atoms with Gasteiger partial charge in [-0.25, -0.2) is 4.79 Å². The topological polar surface area (TPSA) is 37.3 Å². The SMILES string of the molecule is C[C@@]12C=CC[C@H]1[C@@H]1CC=C3C=C(C(=O)O)CC[C@]3(C)[C@H]1CC2. The molecule has 1 saturated carbocycles. The molecule has 4 aliphatic carbocycles. The van der Waals surface area contributed by atoms with Crippen molar-refractivity contribution in [3.05, 3.63) is 35.5 Å². The average molecular weight is 298 g/mol. The molecule has 0 aliphatic heterocycles. The highest BCUT2D eigenvalue weighted by Gasteiger charge is 2.54. The van der Waals surface area contributed by atoms with Gasteiger partial charge in [0.15, 0.2) is 0 Å². The standard InChI is InChI=1S/C20H26O2/c1-19-9-3-4-16(19)15-6-5-14-12-13(18(21)22)7-11-20(14,2)17(15)8-10-19/h3,5,9,12,15-17H,4,6-8,10-11H2,1-2H3,(H,21,22)/t15-,16-,17-,19-,20-/m0/s1. The number of carbonyl (C=O) groups is 1. The van der Waals surface area contributed by atoms with Gasteiger partial charge in [0.05, 0.1) is 0 Å². The summed E-state index contributed by atoms with van der Waals surface area (Å²) in [7, 11) is 0. The summed E-state index contributed by atoms with van der Waals surface area (Å²) in [4.78, 5) is 11.3. The molecule has 0 aromatic carbocycles. The quantitative estimate of drug-likeness (QED) is 0.710. The molecule has 2 heteroatoms. The predicted octanol–water partition coefficient (Wildman–Crippen LogP) is 4.74. The van der Waals surface area contributed by atoms with E-state index in [4.69, 9.17) is 0 Å². The molecule has 1 fully saturated rings. The van der Waals surface area contributed by atoms with E-state index in [9.17, 15) is 9.90 Å². The summed E-state index contributed by atoms with van der Waals surface area (Å²) < 4.78 is 0. The lowest BCUT2D eigenvalue weighted by atomic mass is 9.48. The van der Waals surface area contributed by atoms with Gasteiger partial charge in [0.2, 0.25) is 0 Å². The molecule has 0 aromatic rings. The smallest absolute Gasteiger partial charge is 0.331 e. The summed E-state index contributed by atoms with van der Waals surface area (Å²) in [5, 5.41) is 9.30. The van der Waals surface area contributed by atoms with Gasteiger partial charge in [-0.3, -0.25) is 0 Å². The van der Waals surface area contributed by atoms with Crippen LogP contribution in [0.2, 0.25) is 0 Å². The number of allylic oxidation sites excluding steroid dienone is 5. The number of hydrogen-bond donors (Lipinski definition) is 1. The van der Waals surface area contributed by atoms with Gasteiger partial charge in [-0.15, -0.1) is 0 Å². The van der Waals surface area contributed by atoms with Crippen molar-refractivity contribution in [2.75, 3.05) is 0 Å². The van der Waals surface area contributed by atoms with Crippen LogP contribution in [0.1, 0.15) is 52.4 Å². The van der Waals surface area contributed by atoms with Crippen molar-refractivity contribution < 1.29 is 9.90 Å². The maximum atomic E-state index is 11.3. The van der Waals surface area contributed by atoms with Crippen LogP contribution < -0.4 is 0 Å². The van der Waals surface area contributed by atoms with Crippen LogP contribution in [0.25, 0.3) is 0 Å². The molecule has 0 amide bonds. The second-order valence-corrected chi connectivity index (χ2v) is 8.35. The van der Waals surface area contributed by atoms with Gasteiger partial charge in [-0.2, -0.15) is 0 Å². The van der Waals surface area contributed by atoms with E-state index in [1.165, 1.54) is 24.8 Å². The lowest BCUT2D eigenvalue weighted by Gasteiger charge is -2.56. The monoisotopic (exact) mass is 298 g/mol. The Morgan fingerprint density at radius 1 is 1.23 bits per heavy atom. The summed E-state index contributed by atoms with van der Waals surface area (Å²) in [5.74, 6) is 1.58. The van der Waals surface area contributed by atoms with Crippen LogP contribution in [0.4, 0.5) is 0 Å². The number of rotatable bonds is 1. The van der Waals surface area contributed by atoms with E-state index >= 15 is 0 Å². The first-order valence-corrected chi connectivity index (χ1v) is 8.76. The molecular weight excluding hydrogens is 272 g/mol. The van der Waals surface area contributed by atoms with Crippen LogP contribution in [-0.2, 0) is 4.79 Å². The van der Waals surface area contributed by atoms with Gasteiger partial charge in [0.25, 0.3) is 0 Å². The minimum atomic E-state index is -0.735. The van der Waals surface area contributed by atoms with Gasteiger partial charge in [0, 0.05) is 5.57 Å². The largest absolute Gasteiger partial charge is 0.478 e. The molecule has 0 aromatic heterocycles. The summed E-state index contributed by atoms with van der Waals surface area (Å²) in [6.07, 6.45) is 15.9. The maximum Gasteiger partial charge on any atom is 0.331 e. The number of carboxylic acids is 1. The number of fused-ring (bicyclic) bond motifs is 5. The fraction of sp³-hybridized carbons (Fsp3) is 0.650. The Hall–Kier alpha value is -1.31. The molecular formula is C20H26O2. The lowest BCUT2D eigenvalue weighted by Crippen LogP contribution is -2.48. The van der Waals surface area contributed by atoms with Gasteiger partial charge >= 0.3 is 5.97 Å². The second-order valence-electron chi connectivity index (χ2n) is 8.35. The Balaban J connectivity index is 1.70. The van der Waals surface area contributed by atoms with Crippen LogP contribution >= 0.6 is 0 Å². The lowest BCUT2D eigenvalue weighted by molar-refractivity contribution is -0.133. The van der Waals surface area contributed by atoms with E-state index in [0.29, 0.717) is 11.0 Å². The van der Waals surface area contributed by atoms with E-state index in [-0.39, 0.29) is 5.41 Å². The molecule has 0 radical (unpaired) electrons. The molecule has 0 spiro atoms. The molecule has 118 valence electrons. The number of aliphatic carboxylic acids is 1. The predicted molar refractivity (Wildman–Crippen MR) is 87.3 cm³/mol. The molecule has 0 unspecified atom stereocenters. The van der Waals surface area contributed by atoms with E-state index in [2.05, 4.69) is 32.1 Å². The Morgan fingerprint density at radius 2 is 2.05 bits per heavy atom. The summed E-state index contributed by atoms with van der Waals surface area (Å²) in [6, 6.07) is 0. The zero-order chi connectivity index (χ0) is 15.5. The third-order valence-corrected chi connectivity index (χ3v) is 7.37. The zero-order valence-corrected chi connectivity index (χ0v) is 13.6. The van der Waals surface area contributed by atoms with Crippen molar-refractivity contribution in [2.24, 2.45) is 28.6 Å². The van der Waals surface area contributed by atoms with Crippen molar-refractivity contribution in [3.63, 3.8) is 0 Å². The van der Waals surface area contributed by atoms with E-state index in [1.54, 1.807) is 0 Å². The van der Waals surface area contributed by atoms with Crippen molar-refractivity contribution in [3.8, 4) is 0 Å². The zero-order valence-electron chi connectivity index (χ0n) is 13.6. The van der Waals surface area contributed by atoms with Gasteiger partial charge in [-0.05, 0) is 78.8 Å². The highest BCUT2D eigenvalue weighted by atomic mass is 16.4. The van der Waals surface area contributed by atoms with Crippen LogP contribution in [0.15, 0.2) is 35.5 Å². The van der Waals surface area contributed by atoms with Crippen molar-refractivity contribution in [1.82, 2.24) is 0 Å². The molecule has 2 nitrogen and oxygen atoms in total. The Kier molecular flexibility index (Phi) is 2.99. The van der Waals surface area contributed by atoms with Crippen molar-refractivity contribution in [1.29, 1.82) is 0 Å². The second kappa shape index (κ2) is 4.59. The van der Waals surface area contributed by atoms with Crippen molar-refractivity contribution >= 4 is 5.97 Å². The van der Waals surface area contributed by atoms with Crippen LogP contribution in [0, 0.1) is 28.6 Å². The highest BCUT2D eigenvalue weighted by molar-refractivity contribution is 5.87. The Labute approximate surface area is 133 Å². The minimum absolute atomic E-state index is 0.200. The molecule has 1 N–H and O–H groups in total. The van der Waals surface area contributed by atoms with E-state index in [0.717, 1.165) is 37.0 Å². The van der Waals surface area contributed by atoms with E-state index < -0.39 is 5.97 Å². The Bertz CT molecular complexity index is 611. The maximum absolute atomic E-state index is 11.3. The van der Waals surface area contributed by atoms with E-state index in [1.807, 2.05) is 6.08 Å².